The maximum absolute atomic E-state index is 13.1. The van der Waals surface area contributed by atoms with Crippen molar-refractivity contribution in [1.29, 1.82) is 5.26 Å². The predicted molar refractivity (Wildman–Crippen MR) is 106 cm³/mol. The Bertz CT molecular complexity index is 1060. The van der Waals surface area contributed by atoms with Gasteiger partial charge in [0.05, 0.1) is 36.5 Å². The van der Waals surface area contributed by atoms with Crippen molar-refractivity contribution < 1.29 is 9.53 Å². The molecule has 2 aromatic carbocycles. The van der Waals surface area contributed by atoms with Crippen molar-refractivity contribution in [3.63, 3.8) is 0 Å². The molecule has 2 heterocycles. The van der Waals surface area contributed by atoms with Crippen LogP contribution in [0.3, 0.4) is 0 Å². The van der Waals surface area contributed by atoms with E-state index in [1.807, 2.05) is 48.5 Å². The third kappa shape index (κ3) is 3.14. The number of amides is 1. The number of benzene rings is 2. The summed E-state index contributed by atoms with van der Waals surface area (Å²) in [6, 6.07) is 20.7. The monoisotopic (exact) mass is 370 g/mol. The molecule has 0 bridgehead atoms. The van der Waals surface area contributed by atoms with Crippen molar-refractivity contribution in [2.45, 2.75) is 12.6 Å². The van der Waals surface area contributed by atoms with Gasteiger partial charge in [0.1, 0.15) is 5.75 Å². The molecule has 0 radical (unpaired) electrons. The summed E-state index contributed by atoms with van der Waals surface area (Å²) in [7, 11) is 1.60. The number of methoxy groups -OCH3 is 1. The second-order valence-electron chi connectivity index (χ2n) is 6.39. The topological polar surface area (TPSA) is 78.2 Å². The van der Waals surface area contributed by atoms with Crippen LogP contribution in [0.1, 0.15) is 27.8 Å². The number of pyridine rings is 1. The molecule has 0 aliphatic carbocycles. The molecule has 6 nitrogen and oxygen atoms in total. The predicted octanol–water partition coefficient (Wildman–Crippen LogP) is 3.93. The number of hydrogen-bond donors (Lipinski definition) is 1. The van der Waals surface area contributed by atoms with Crippen molar-refractivity contribution in [2.24, 2.45) is 0 Å². The van der Waals surface area contributed by atoms with Gasteiger partial charge in [-0.1, -0.05) is 18.2 Å². The Hall–Kier alpha value is -3.85. The van der Waals surface area contributed by atoms with Gasteiger partial charge in [0, 0.05) is 18.0 Å². The van der Waals surface area contributed by atoms with Gasteiger partial charge in [-0.25, -0.2) is 0 Å². The normalized spacial score (nSPS) is 15.1. The van der Waals surface area contributed by atoms with E-state index in [0.717, 1.165) is 16.9 Å². The summed E-state index contributed by atoms with van der Waals surface area (Å²) < 4.78 is 5.32. The third-order valence-corrected chi connectivity index (χ3v) is 4.68. The molecule has 0 fully saturated rings. The van der Waals surface area contributed by atoms with E-state index in [2.05, 4.69) is 16.4 Å². The number of carbonyl (C=O) groups is 1. The second-order valence-corrected chi connectivity index (χ2v) is 6.39. The largest absolute Gasteiger partial charge is 0.497 e. The van der Waals surface area contributed by atoms with Gasteiger partial charge >= 0.3 is 0 Å². The van der Waals surface area contributed by atoms with Crippen molar-refractivity contribution in [1.82, 2.24) is 4.98 Å². The molecule has 138 valence electrons. The minimum absolute atomic E-state index is 0.116. The van der Waals surface area contributed by atoms with Gasteiger partial charge in [0.2, 0.25) is 0 Å². The van der Waals surface area contributed by atoms with E-state index in [1.165, 1.54) is 0 Å². The number of ether oxygens (including phenoxy) is 1. The summed E-state index contributed by atoms with van der Waals surface area (Å²) in [5, 5.41) is 12.2. The van der Waals surface area contributed by atoms with Crippen molar-refractivity contribution in [3.8, 4) is 11.8 Å². The molecule has 1 aliphatic heterocycles. The highest BCUT2D eigenvalue weighted by Crippen LogP contribution is 2.37. The van der Waals surface area contributed by atoms with E-state index >= 15 is 0 Å². The van der Waals surface area contributed by atoms with E-state index in [0.29, 0.717) is 23.4 Å². The van der Waals surface area contributed by atoms with E-state index in [9.17, 15) is 4.79 Å². The molecule has 1 unspecified atom stereocenters. The van der Waals surface area contributed by atoms with Gasteiger partial charge in [0.15, 0.2) is 6.17 Å². The average Bonchev–Trinajstić information content (AvgIpc) is 3.02. The van der Waals surface area contributed by atoms with Crippen LogP contribution in [0.4, 0.5) is 11.4 Å². The first-order valence-corrected chi connectivity index (χ1v) is 8.86. The zero-order valence-corrected chi connectivity index (χ0v) is 15.3. The number of hydrogen-bond acceptors (Lipinski definition) is 5. The number of aromatic nitrogens is 1. The van der Waals surface area contributed by atoms with Crippen LogP contribution in [0.2, 0.25) is 0 Å². The summed E-state index contributed by atoms with van der Waals surface area (Å²) in [5.41, 5.74) is 3.76. The lowest BCUT2D eigenvalue weighted by Gasteiger charge is -2.27. The van der Waals surface area contributed by atoms with E-state index in [4.69, 9.17) is 10.00 Å². The molecule has 1 aliphatic rings. The molecule has 4 rings (SSSR count). The van der Waals surface area contributed by atoms with Gasteiger partial charge in [-0.05, 0) is 42.0 Å². The highest BCUT2D eigenvalue weighted by Gasteiger charge is 2.39. The van der Waals surface area contributed by atoms with Gasteiger partial charge in [-0.3, -0.25) is 14.7 Å². The standard InChI is InChI=1S/C22H18N4O2/c1-28-18-5-2-4-17(14-18)26-21(20-19(22(26)27)6-3-13-24-20)25-16-9-7-15(8-10-16)11-12-23/h2-10,13-14,21,25H,11H2,1H3. The maximum atomic E-state index is 13.1. The molecule has 0 spiro atoms. The Kier molecular flexibility index (Phi) is 4.65. The van der Waals surface area contributed by atoms with Gasteiger partial charge in [-0.2, -0.15) is 5.26 Å². The summed E-state index contributed by atoms with van der Waals surface area (Å²) in [6.45, 7) is 0. The second kappa shape index (κ2) is 7.41. The fourth-order valence-electron chi connectivity index (χ4n) is 3.31. The Morgan fingerprint density at radius 3 is 2.75 bits per heavy atom. The van der Waals surface area contributed by atoms with E-state index in [1.54, 1.807) is 30.3 Å². The van der Waals surface area contributed by atoms with Crippen LogP contribution >= 0.6 is 0 Å². The molecule has 1 atom stereocenters. The number of rotatable bonds is 5. The first-order chi connectivity index (χ1) is 13.7. The average molecular weight is 370 g/mol. The Morgan fingerprint density at radius 2 is 2.00 bits per heavy atom. The number of carbonyl (C=O) groups excluding carboxylic acids is 1. The molecular formula is C22H18N4O2. The highest BCUT2D eigenvalue weighted by molar-refractivity contribution is 6.11. The van der Waals surface area contributed by atoms with Gasteiger partial charge in [-0.15, -0.1) is 0 Å². The Morgan fingerprint density at radius 1 is 1.18 bits per heavy atom. The van der Waals surface area contributed by atoms with Crippen LogP contribution in [-0.4, -0.2) is 18.0 Å². The van der Waals surface area contributed by atoms with Crippen LogP contribution in [0.15, 0.2) is 66.9 Å². The third-order valence-electron chi connectivity index (χ3n) is 4.68. The van der Waals surface area contributed by atoms with Gasteiger partial charge < -0.3 is 10.1 Å². The first-order valence-electron chi connectivity index (χ1n) is 8.86. The van der Waals surface area contributed by atoms with Crippen molar-refractivity contribution in [3.05, 3.63) is 83.7 Å². The number of fused-ring (bicyclic) bond motifs is 1. The SMILES string of the molecule is COc1cccc(N2C(=O)c3cccnc3C2Nc2ccc(CC#N)cc2)c1. The molecule has 28 heavy (non-hydrogen) atoms. The summed E-state index contributed by atoms with van der Waals surface area (Å²) >= 11 is 0. The number of anilines is 2. The zero-order valence-electron chi connectivity index (χ0n) is 15.3. The fourth-order valence-corrected chi connectivity index (χ4v) is 3.31. The molecule has 6 heteroatoms. The van der Waals surface area contributed by atoms with E-state index < -0.39 is 6.17 Å². The number of nitrogens with zero attached hydrogens (tertiary/aromatic N) is 3. The van der Waals surface area contributed by atoms with Crippen LogP contribution in [0.5, 0.6) is 5.75 Å². The smallest absolute Gasteiger partial charge is 0.262 e. The van der Waals surface area contributed by atoms with Crippen molar-refractivity contribution >= 4 is 17.3 Å². The number of nitriles is 1. The quantitative estimate of drug-likeness (QED) is 0.736. The van der Waals surface area contributed by atoms with Crippen molar-refractivity contribution in [2.75, 3.05) is 17.3 Å². The lowest BCUT2D eigenvalue weighted by atomic mass is 10.1. The van der Waals surface area contributed by atoms with Gasteiger partial charge in [0.25, 0.3) is 5.91 Å². The van der Waals surface area contributed by atoms with Crippen LogP contribution in [-0.2, 0) is 6.42 Å². The van der Waals surface area contributed by atoms with E-state index in [-0.39, 0.29) is 5.91 Å². The lowest BCUT2D eigenvalue weighted by Crippen LogP contribution is -2.32. The molecule has 1 N–H and O–H groups in total. The summed E-state index contributed by atoms with van der Waals surface area (Å²) in [6.07, 6.45) is 1.60. The Balaban J connectivity index is 1.72. The maximum Gasteiger partial charge on any atom is 0.262 e. The molecular weight excluding hydrogens is 352 g/mol. The fraction of sp³-hybridized carbons (Fsp3) is 0.136. The molecule has 0 saturated carbocycles. The zero-order chi connectivity index (χ0) is 19.5. The first kappa shape index (κ1) is 17.6. The summed E-state index contributed by atoms with van der Waals surface area (Å²) in [5.74, 6) is 0.559. The van der Waals surface area contributed by atoms with Crippen LogP contribution in [0, 0.1) is 11.3 Å². The number of nitrogens with one attached hydrogen (secondary N) is 1. The minimum Gasteiger partial charge on any atom is -0.497 e. The summed E-state index contributed by atoms with van der Waals surface area (Å²) in [4.78, 5) is 19.2. The van der Waals surface area contributed by atoms with Crippen LogP contribution < -0.4 is 15.0 Å². The molecule has 3 aromatic rings. The molecule has 0 saturated heterocycles. The Labute approximate surface area is 163 Å². The lowest BCUT2D eigenvalue weighted by molar-refractivity contribution is 0.0993. The minimum atomic E-state index is -0.447. The highest BCUT2D eigenvalue weighted by atomic mass is 16.5. The molecule has 1 amide bonds. The molecule has 1 aromatic heterocycles. The van der Waals surface area contributed by atoms with Crippen LogP contribution in [0.25, 0.3) is 0 Å².